The Morgan fingerprint density at radius 1 is 1.26 bits per heavy atom. The van der Waals surface area contributed by atoms with Crippen LogP contribution >= 0.6 is 0 Å². The first-order valence-electron chi connectivity index (χ1n) is 6.71. The number of carbonyl (C=O) groups excluding carboxylic acids is 2. The normalized spacial score (nSPS) is 15.9. The zero-order chi connectivity index (χ0) is 14.4. The molecule has 108 valence electrons. The van der Waals surface area contributed by atoms with Gasteiger partial charge < -0.3 is 15.7 Å². The van der Waals surface area contributed by atoms with Gasteiger partial charge in [-0.15, -0.1) is 0 Å². The summed E-state index contributed by atoms with van der Waals surface area (Å²) in [5.74, 6) is -1.24. The number of nitrogens with one attached hydrogen (secondary N) is 2. The van der Waals surface area contributed by atoms with Crippen LogP contribution in [0.25, 0.3) is 0 Å². The van der Waals surface area contributed by atoms with Gasteiger partial charge in [-0.2, -0.15) is 0 Å². The van der Waals surface area contributed by atoms with Gasteiger partial charge >= 0.3 is 5.97 Å². The van der Waals surface area contributed by atoms with Gasteiger partial charge in [-0.25, -0.2) is 4.79 Å². The molecule has 3 N–H and O–H groups in total. The molecule has 1 rings (SSSR count). The highest BCUT2D eigenvalue weighted by atomic mass is 16.4. The molecule has 2 amide bonds. The van der Waals surface area contributed by atoms with E-state index in [4.69, 9.17) is 5.11 Å². The lowest BCUT2D eigenvalue weighted by Gasteiger charge is -2.17. The van der Waals surface area contributed by atoms with Crippen LogP contribution in [0.15, 0.2) is 0 Å². The SMILES string of the molecule is CC(C)[C@H](NC(=O)CCCNC(=O)C1CC1)C(=O)O. The monoisotopic (exact) mass is 270 g/mol. The third-order valence-electron chi connectivity index (χ3n) is 3.08. The predicted octanol–water partition coefficient (Wildman–Crippen LogP) is 0.518. The number of hydrogen-bond donors (Lipinski definition) is 3. The Labute approximate surface area is 112 Å². The number of carboxylic acid groups (broad SMARTS) is 1. The third-order valence-corrected chi connectivity index (χ3v) is 3.08. The second-order valence-electron chi connectivity index (χ2n) is 5.30. The first-order chi connectivity index (χ1) is 8.91. The van der Waals surface area contributed by atoms with E-state index >= 15 is 0 Å². The summed E-state index contributed by atoms with van der Waals surface area (Å²) < 4.78 is 0. The van der Waals surface area contributed by atoms with Crippen molar-refractivity contribution in [3.8, 4) is 0 Å². The zero-order valence-electron chi connectivity index (χ0n) is 11.4. The number of carbonyl (C=O) groups is 3. The summed E-state index contributed by atoms with van der Waals surface area (Å²) in [5.41, 5.74) is 0. The van der Waals surface area contributed by atoms with Crippen molar-refractivity contribution in [1.29, 1.82) is 0 Å². The smallest absolute Gasteiger partial charge is 0.326 e. The molecule has 0 saturated heterocycles. The molecule has 1 saturated carbocycles. The van der Waals surface area contributed by atoms with Crippen molar-refractivity contribution in [3.05, 3.63) is 0 Å². The fourth-order valence-electron chi connectivity index (χ4n) is 1.71. The van der Waals surface area contributed by atoms with Crippen LogP contribution in [0.4, 0.5) is 0 Å². The van der Waals surface area contributed by atoms with Crippen molar-refractivity contribution in [2.45, 2.75) is 45.6 Å². The first kappa shape index (κ1) is 15.5. The van der Waals surface area contributed by atoms with E-state index in [0.29, 0.717) is 13.0 Å². The van der Waals surface area contributed by atoms with E-state index in [1.54, 1.807) is 13.8 Å². The summed E-state index contributed by atoms with van der Waals surface area (Å²) in [7, 11) is 0. The highest BCUT2D eigenvalue weighted by molar-refractivity contribution is 5.84. The number of amides is 2. The molecule has 0 aromatic rings. The van der Waals surface area contributed by atoms with Gasteiger partial charge in [0.25, 0.3) is 0 Å². The average Bonchev–Trinajstić information content (AvgIpc) is 3.14. The second-order valence-corrected chi connectivity index (χ2v) is 5.30. The average molecular weight is 270 g/mol. The Bertz CT molecular complexity index is 351. The van der Waals surface area contributed by atoms with Gasteiger partial charge in [-0.3, -0.25) is 9.59 Å². The largest absolute Gasteiger partial charge is 0.480 e. The lowest BCUT2D eigenvalue weighted by atomic mass is 10.0. The lowest BCUT2D eigenvalue weighted by Crippen LogP contribution is -2.44. The Morgan fingerprint density at radius 3 is 2.37 bits per heavy atom. The molecule has 1 aliphatic carbocycles. The summed E-state index contributed by atoms with van der Waals surface area (Å²) in [4.78, 5) is 33.8. The van der Waals surface area contributed by atoms with Crippen molar-refractivity contribution < 1.29 is 19.5 Å². The van der Waals surface area contributed by atoms with Crippen LogP contribution in [0.1, 0.15) is 39.5 Å². The molecular formula is C13H22N2O4. The van der Waals surface area contributed by atoms with Crippen LogP contribution in [-0.2, 0) is 14.4 Å². The molecule has 0 spiro atoms. The number of aliphatic carboxylic acids is 1. The van der Waals surface area contributed by atoms with E-state index in [1.807, 2.05) is 0 Å². The van der Waals surface area contributed by atoms with E-state index in [0.717, 1.165) is 12.8 Å². The quantitative estimate of drug-likeness (QED) is 0.560. The maximum atomic E-state index is 11.6. The van der Waals surface area contributed by atoms with E-state index < -0.39 is 12.0 Å². The molecule has 1 atom stereocenters. The minimum Gasteiger partial charge on any atom is -0.480 e. The lowest BCUT2D eigenvalue weighted by molar-refractivity contribution is -0.143. The number of rotatable bonds is 8. The molecule has 0 radical (unpaired) electrons. The van der Waals surface area contributed by atoms with Crippen molar-refractivity contribution in [1.82, 2.24) is 10.6 Å². The van der Waals surface area contributed by atoms with Gasteiger partial charge in [0.2, 0.25) is 11.8 Å². The fourth-order valence-corrected chi connectivity index (χ4v) is 1.71. The van der Waals surface area contributed by atoms with E-state index in [2.05, 4.69) is 10.6 Å². The summed E-state index contributed by atoms with van der Waals surface area (Å²) in [5, 5.41) is 14.2. The van der Waals surface area contributed by atoms with Crippen LogP contribution in [0.3, 0.4) is 0 Å². The molecule has 6 heteroatoms. The van der Waals surface area contributed by atoms with Crippen LogP contribution in [0.2, 0.25) is 0 Å². The molecule has 0 unspecified atom stereocenters. The number of hydrogen-bond acceptors (Lipinski definition) is 3. The maximum absolute atomic E-state index is 11.6. The molecule has 1 aliphatic rings. The van der Waals surface area contributed by atoms with Crippen molar-refractivity contribution in [3.63, 3.8) is 0 Å². The van der Waals surface area contributed by atoms with Gasteiger partial charge in [-0.1, -0.05) is 13.8 Å². The van der Waals surface area contributed by atoms with E-state index in [1.165, 1.54) is 0 Å². The van der Waals surface area contributed by atoms with Gasteiger partial charge in [0.05, 0.1) is 0 Å². The van der Waals surface area contributed by atoms with Crippen LogP contribution in [0.5, 0.6) is 0 Å². The molecule has 0 bridgehead atoms. The standard InChI is InChI=1S/C13H22N2O4/c1-8(2)11(13(18)19)15-10(16)4-3-7-14-12(17)9-5-6-9/h8-9,11H,3-7H2,1-2H3,(H,14,17)(H,15,16)(H,18,19)/t11-/m0/s1. The van der Waals surface area contributed by atoms with Gasteiger partial charge in [-0.05, 0) is 25.2 Å². The van der Waals surface area contributed by atoms with Crippen LogP contribution in [-0.4, -0.2) is 35.5 Å². The molecule has 0 heterocycles. The summed E-state index contributed by atoms with van der Waals surface area (Å²) >= 11 is 0. The third kappa shape index (κ3) is 5.72. The highest BCUT2D eigenvalue weighted by Gasteiger charge is 2.29. The maximum Gasteiger partial charge on any atom is 0.326 e. The summed E-state index contributed by atoms with van der Waals surface area (Å²) in [6.07, 6.45) is 2.66. The topological polar surface area (TPSA) is 95.5 Å². The highest BCUT2D eigenvalue weighted by Crippen LogP contribution is 2.28. The molecule has 19 heavy (non-hydrogen) atoms. The molecule has 0 aromatic heterocycles. The Morgan fingerprint density at radius 2 is 1.89 bits per heavy atom. The van der Waals surface area contributed by atoms with Crippen molar-refractivity contribution in [2.75, 3.05) is 6.54 Å². The first-order valence-corrected chi connectivity index (χ1v) is 6.71. The fraction of sp³-hybridized carbons (Fsp3) is 0.769. The molecule has 0 aromatic carbocycles. The van der Waals surface area contributed by atoms with Crippen LogP contribution < -0.4 is 10.6 Å². The number of carboxylic acids is 1. The summed E-state index contributed by atoms with van der Waals surface area (Å²) in [6, 6.07) is -0.853. The molecule has 6 nitrogen and oxygen atoms in total. The molecular weight excluding hydrogens is 248 g/mol. The predicted molar refractivity (Wildman–Crippen MR) is 69.4 cm³/mol. The van der Waals surface area contributed by atoms with Crippen LogP contribution in [0, 0.1) is 11.8 Å². The second kappa shape index (κ2) is 7.11. The Kier molecular flexibility index (Phi) is 5.79. The minimum absolute atomic E-state index is 0.0611. The Balaban J connectivity index is 2.15. The van der Waals surface area contributed by atoms with Gasteiger partial charge in [0.1, 0.15) is 6.04 Å². The van der Waals surface area contributed by atoms with E-state index in [9.17, 15) is 14.4 Å². The van der Waals surface area contributed by atoms with Gasteiger partial charge in [0.15, 0.2) is 0 Å². The molecule has 0 aliphatic heterocycles. The molecule has 1 fully saturated rings. The van der Waals surface area contributed by atoms with Crippen molar-refractivity contribution >= 4 is 17.8 Å². The zero-order valence-corrected chi connectivity index (χ0v) is 11.4. The van der Waals surface area contributed by atoms with Gasteiger partial charge in [0, 0.05) is 18.9 Å². The summed E-state index contributed by atoms with van der Waals surface area (Å²) in [6.45, 7) is 3.95. The van der Waals surface area contributed by atoms with E-state index in [-0.39, 0.29) is 30.1 Å². The minimum atomic E-state index is -1.02. The Hall–Kier alpha value is -1.59. The van der Waals surface area contributed by atoms with Crippen molar-refractivity contribution in [2.24, 2.45) is 11.8 Å².